The molecule has 1 fully saturated rings. The first-order valence-corrected chi connectivity index (χ1v) is 9.79. The zero-order valence-electron chi connectivity index (χ0n) is 17.8. The first-order chi connectivity index (χ1) is 15.4. The van der Waals surface area contributed by atoms with Gasteiger partial charge in [-0.2, -0.15) is 10.5 Å². The van der Waals surface area contributed by atoms with Gasteiger partial charge in [0.1, 0.15) is 11.8 Å². The van der Waals surface area contributed by atoms with Crippen LogP contribution < -0.4 is 0 Å². The summed E-state index contributed by atoms with van der Waals surface area (Å²) in [6.45, 7) is 0. The van der Waals surface area contributed by atoms with E-state index in [1.165, 1.54) is 14.2 Å². The SMILES string of the molecule is COC(=O)C1C(=O)C(C(=O)OC)C(c2cccc(C#N)c2)N(C)C1c1cccc(C#N)c1. The minimum atomic E-state index is -1.31. The first-order valence-electron chi connectivity index (χ1n) is 9.79. The maximum Gasteiger partial charge on any atom is 0.318 e. The van der Waals surface area contributed by atoms with Gasteiger partial charge in [-0.15, -0.1) is 0 Å². The molecule has 1 saturated heterocycles. The monoisotopic (exact) mass is 431 g/mol. The summed E-state index contributed by atoms with van der Waals surface area (Å²) in [5.74, 6) is -4.82. The van der Waals surface area contributed by atoms with Gasteiger partial charge in [-0.25, -0.2) is 0 Å². The van der Waals surface area contributed by atoms with E-state index in [1.807, 2.05) is 0 Å². The van der Waals surface area contributed by atoms with Crippen molar-refractivity contribution in [3.8, 4) is 12.1 Å². The zero-order chi connectivity index (χ0) is 23.4. The molecular weight excluding hydrogens is 410 g/mol. The van der Waals surface area contributed by atoms with E-state index in [2.05, 4.69) is 12.1 Å². The van der Waals surface area contributed by atoms with Crippen LogP contribution in [0.2, 0.25) is 0 Å². The van der Waals surface area contributed by atoms with Crippen molar-refractivity contribution in [2.75, 3.05) is 21.3 Å². The average Bonchev–Trinajstić information content (AvgIpc) is 2.83. The Balaban J connectivity index is 2.24. The Morgan fingerprint density at radius 3 is 1.59 bits per heavy atom. The summed E-state index contributed by atoms with van der Waals surface area (Å²) < 4.78 is 9.82. The highest BCUT2D eigenvalue weighted by Gasteiger charge is 2.54. The van der Waals surface area contributed by atoms with E-state index < -0.39 is 41.6 Å². The standard InChI is InChI=1S/C24H21N3O5/c1-27-20(16-8-4-6-14(10-16)12-25)18(23(29)31-2)22(28)19(24(30)32-3)21(27)17-9-5-7-15(11-17)13-26/h4-11,18-21H,1-3H3. The summed E-state index contributed by atoms with van der Waals surface area (Å²) in [4.78, 5) is 40.8. The lowest BCUT2D eigenvalue weighted by Crippen LogP contribution is -2.54. The Kier molecular flexibility index (Phi) is 6.67. The summed E-state index contributed by atoms with van der Waals surface area (Å²) >= 11 is 0. The molecule has 1 heterocycles. The number of Topliss-reactive ketones (excluding diaryl/α,β-unsaturated/α-hetero) is 1. The number of esters is 2. The van der Waals surface area contributed by atoms with Crippen molar-refractivity contribution >= 4 is 17.7 Å². The molecule has 2 aromatic carbocycles. The molecule has 2 aromatic rings. The molecule has 3 rings (SSSR count). The number of carbonyl (C=O) groups excluding carboxylic acids is 3. The minimum absolute atomic E-state index is 0.366. The topological polar surface area (TPSA) is 120 Å². The van der Waals surface area contributed by atoms with Crippen LogP contribution in [0.3, 0.4) is 0 Å². The summed E-state index contributed by atoms with van der Waals surface area (Å²) in [5.41, 5.74) is 1.84. The molecule has 162 valence electrons. The van der Waals surface area contributed by atoms with Gasteiger partial charge in [0.2, 0.25) is 0 Å². The second-order valence-electron chi connectivity index (χ2n) is 7.43. The molecule has 0 radical (unpaired) electrons. The third-order valence-electron chi connectivity index (χ3n) is 5.75. The Morgan fingerprint density at radius 1 is 0.844 bits per heavy atom. The largest absolute Gasteiger partial charge is 0.468 e. The van der Waals surface area contributed by atoms with E-state index in [-0.39, 0.29) is 0 Å². The number of rotatable bonds is 4. The molecule has 4 atom stereocenters. The quantitative estimate of drug-likeness (QED) is 0.534. The van der Waals surface area contributed by atoms with Gasteiger partial charge in [0.25, 0.3) is 0 Å². The van der Waals surface area contributed by atoms with E-state index in [0.29, 0.717) is 22.3 Å². The molecule has 1 aliphatic rings. The van der Waals surface area contributed by atoms with Gasteiger partial charge >= 0.3 is 11.9 Å². The fourth-order valence-electron chi connectivity index (χ4n) is 4.33. The lowest BCUT2D eigenvalue weighted by molar-refractivity contribution is -0.167. The van der Waals surface area contributed by atoms with Crippen LogP contribution in [0.15, 0.2) is 48.5 Å². The van der Waals surface area contributed by atoms with E-state index in [1.54, 1.807) is 60.5 Å². The number of hydrogen-bond donors (Lipinski definition) is 0. The van der Waals surface area contributed by atoms with Crippen LogP contribution in [0.25, 0.3) is 0 Å². The number of carbonyl (C=O) groups is 3. The van der Waals surface area contributed by atoms with Gasteiger partial charge in [0.15, 0.2) is 5.78 Å². The Hall–Kier alpha value is -4.01. The number of ketones is 1. The highest BCUT2D eigenvalue weighted by molar-refractivity contribution is 6.10. The predicted molar refractivity (Wildman–Crippen MR) is 112 cm³/mol. The molecule has 0 aromatic heterocycles. The van der Waals surface area contributed by atoms with Crippen LogP contribution >= 0.6 is 0 Å². The third kappa shape index (κ3) is 3.96. The van der Waals surface area contributed by atoms with Crippen LogP contribution in [0, 0.1) is 34.5 Å². The van der Waals surface area contributed by atoms with Gasteiger partial charge in [0, 0.05) is 0 Å². The van der Waals surface area contributed by atoms with Crippen molar-refractivity contribution in [2.45, 2.75) is 12.1 Å². The Labute approximate surface area is 185 Å². The van der Waals surface area contributed by atoms with Gasteiger partial charge in [-0.05, 0) is 42.4 Å². The smallest absolute Gasteiger partial charge is 0.318 e. The fourth-order valence-corrected chi connectivity index (χ4v) is 4.33. The molecule has 8 heteroatoms. The molecule has 1 aliphatic heterocycles. The molecule has 0 N–H and O–H groups in total. The minimum Gasteiger partial charge on any atom is -0.468 e. The van der Waals surface area contributed by atoms with Crippen LogP contribution in [0.4, 0.5) is 0 Å². The van der Waals surface area contributed by atoms with E-state index in [4.69, 9.17) is 9.47 Å². The van der Waals surface area contributed by atoms with Gasteiger partial charge < -0.3 is 9.47 Å². The summed E-state index contributed by atoms with van der Waals surface area (Å²) in [5, 5.41) is 18.6. The second kappa shape index (κ2) is 9.42. The van der Waals surface area contributed by atoms with Crippen LogP contribution in [0.1, 0.15) is 34.3 Å². The van der Waals surface area contributed by atoms with Gasteiger partial charge in [0.05, 0.1) is 49.6 Å². The molecule has 4 unspecified atom stereocenters. The fraction of sp³-hybridized carbons (Fsp3) is 0.292. The molecule has 0 amide bonds. The van der Waals surface area contributed by atoms with E-state index >= 15 is 0 Å². The van der Waals surface area contributed by atoms with Crippen LogP contribution in [-0.4, -0.2) is 43.9 Å². The Bertz CT molecular complexity index is 1060. The van der Waals surface area contributed by atoms with Crippen LogP contribution in [0.5, 0.6) is 0 Å². The van der Waals surface area contributed by atoms with E-state index in [0.717, 1.165) is 0 Å². The highest BCUT2D eigenvalue weighted by atomic mass is 16.5. The molecule has 0 spiro atoms. The maximum absolute atomic E-state index is 13.6. The number of likely N-dealkylation sites (tertiary alicyclic amines) is 1. The van der Waals surface area contributed by atoms with E-state index in [9.17, 15) is 24.9 Å². The number of piperidine rings is 1. The lowest BCUT2D eigenvalue weighted by Gasteiger charge is -2.46. The number of methoxy groups -OCH3 is 2. The highest BCUT2D eigenvalue weighted by Crippen LogP contribution is 2.46. The number of hydrogen-bond acceptors (Lipinski definition) is 8. The van der Waals surface area contributed by atoms with Crippen molar-refractivity contribution in [2.24, 2.45) is 11.8 Å². The first kappa shape index (κ1) is 22.7. The number of nitrogens with zero attached hydrogens (tertiary/aromatic N) is 3. The summed E-state index contributed by atoms with van der Waals surface area (Å²) in [6, 6.07) is 15.7. The summed E-state index contributed by atoms with van der Waals surface area (Å²) in [6.07, 6.45) is 0. The molecular formula is C24H21N3O5. The van der Waals surface area contributed by atoms with Crippen molar-refractivity contribution in [1.82, 2.24) is 4.90 Å². The predicted octanol–water partition coefficient (Wildman–Crippen LogP) is 2.31. The van der Waals surface area contributed by atoms with Gasteiger partial charge in [-0.1, -0.05) is 24.3 Å². The average molecular weight is 431 g/mol. The zero-order valence-corrected chi connectivity index (χ0v) is 17.8. The van der Waals surface area contributed by atoms with Crippen molar-refractivity contribution in [3.63, 3.8) is 0 Å². The lowest BCUT2D eigenvalue weighted by atomic mass is 9.73. The third-order valence-corrected chi connectivity index (χ3v) is 5.75. The normalized spacial score (nSPS) is 23.0. The number of nitriles is 2. The number of ether oxygens (including phenoxy) is 2. The molecule has 0 saturated carbocycles. The van der Waals surface area contributed by atoms with Gasteiger partial charge in [-0.3, -0.25) is 19.3 Å². The molecule has 8 nitrogen and oxygen atoms in total. The number of benzene rings is 2. The van der Waals surface area contributed by atoms with Crippen molar-refractivity contribution in [1.29, 1.82) is 10.5 Å². The van der Waals surface area contributed by atoms with Crippen molar-refractivity contribution < 1.29 is 23.9 Å². The second-order valence-corrected chi connectivity index (χ2v) is 7.43. The maximum atomic E-state index is 13.6. The molecule has 0 bridgehead atoms. The summed E-state index contributed by atoms with van der Waals surface area (Å²) in [7, 11) is 4.04. The van der Waals surface area contributed by atoms with Crippen molar-refractivity contribution in [3.05, 3.63) is 70.8 Å². The molecule has 0 aliphatic carbocycles. The van der Waals surface area contributed by atoms with Crippen LogP contribution in [-0.2, 0) is 23.9 Å². The Morgan fingerprint density at radius 2 is 1.25 bits per heavy atom. The molecule has 32 heavy (non-hydrogen) atoms.